The molecule has 1 heterocycles. The van der Waals surface area contributed by atoms with Gasteiger partial charge >= 0.3 is 0 Å². The molecule has 2 aliphatic rings. The van der Waals surface area contributed by atoms with Gasteiger partial charge in [0.25, 0.3) is 0 Å². The van der Waals surface area contributed by atoms with E-state index in [4.69, 9.17) is 4.42 Å². The molecule has 13 aromatic rings. The summed E-state index contributed by atoms with van der Waals surface area (Å²) in [7, 11) is 0. The van der Waals surface area contributed by atoms with Crippen molar-refractivity contribution in [1.82, 2.24) is 0 Å². The highest BCUT2D eigenvalue weighted by molar-refractivity contribution is 6.13. The van der Waals surface area contributed by atoms with Crippen LogP contribution in [0.4, 0.5) is 34.1 Å². The molecule has 0 spiro atoms. The molecule has 3 heteroatoms. The Bertz CT molecular complexity index is 4270. The van der Waals surface area contributed by atoms with Crippen molar-refractivity contribution in [2.45, 2.75) is 10.8 Å². The van der Waals surface area contributed by atoms with Crippen LogP contribution in [0, 0.1) is 0 Å². The predicted molar refractivity (Wildman–Crippen MR) is 318 cm³/mol. The minimum atomic E-state index is -0.585. The fraction of sp³-hybridized carbons (Fsp3) is 0.0270. The molecule has 12 aromatic carbocycles. The first-order chi connectivity index (χ1) is 38.2. The van der Waals surface area contributed by atoms with E-state index in [0.717, 1.165) is 56.1 Å². The lowest BCUT2D eigenvalue weighted by atomic mass is 9.67. The van der Waals surface area contributed by atoms with Gasteiger partial charge in [0, 0.05) is 33.8 Å². The Labute approximate surface area is 448 Å². The summed E-state index contributed by atoms with van der Waals surface area (Å²) in [6.07, 6.45) is 0. The third-order valence-corrected chi connectivity index (χ3v) is 16.4. The number of fused-ring (bicyclic) bond motifs is 9. The maximum Gasteiger partial charge on any atom is 0.137 e. The van der Waals surface area contributed by atoms with E-state index in [0.29, 0.717) is 0 Å². The monoisotopic (exact) mass is 982 g/mol. The van der Waals surface area contributed by atoms with Crippen LogP contribution in [0.1, 0.15) is 44.5 Å². The van der Waals surface area contributed by atoms with Crippen molar-refractivity contribution in [2.24, 2.45) is 0 Å². The molecule has 3 nitrogen and oxygen atoms in total. The van der Waals surface area contributed by atoms with Gasteiger partial charge in [0.1, 0.15) is 11.2 Å². The highest BCUT2D eigenvalue weighted by atomic mass is 16.3. The Morgan fingerprint density at radius 3 is 1.25 bits per heavy atom. The second-order valence-corrected chi connectivity index (χ2v) is 20.3. The number of hydrogen-bond donors (Lipinski definition) is 0. The summed E-state index contributed by atoms with van der Waals surface area (Å²) in [6.45, 7) is 0. The average molecular weight is 983 g/mol. The van der Waals surface area contributed by atoms with Gasteiger partial charge in [-0.1, -0.05) is 231 Å². The molecule has 0 radical (unpaired) electrons. The minimum Gasteiger partial charge on any atom is -0.456 e. The summed E-state index contributed by atoms with van der Waals surface area (Å²) in [5.41, 5.74) is 21.8. The molecule has 1 aromatic heterocycles. The van der Waals surface area contributed by atoms with Crippen LogP contribution in [0.5, 0.6) is 0 Å². The van der Waals surface area contributed by atoms with E-state index >= 15 is 0 Å². The van der Waals surface area contributed by atoms with Crippen molar-refractivity contribution in [3.05, 3.63) is 348 Å². The molecule has 2 aliphatic carbocycles. The minimum absolute atomic E-state index is 0.556. The van der Waals surface area contributed by atoms with Gasteiger partial charge in [-0.2, -0.15) is 0 Å². The molecule has 77 heavy (non-hydrogen) atoms. The van der Waals surface area contributed by atoms with Crippen molar-refractivity contribution in [2.75, 3.05) is 9.80 Å². The second-order valence-electron chi connectivity index (χ2n) is 20.3. The first-order valence-electron chi connectivity index (χ1n) is 26.6. The smallest absolute Gasteiger partial charge is 0.137 e. The molecular weight excluding hydrogens is 933 g/mol. The van der Waals surface area contributed by atoms with Gasteiger partial charge in [-0.05, 0) is 140 Å². The van der Waals surface area contributed by atoms with E-state index in [9.17, 15) is 0 Å². The van der Waals surface area contributed by atoms with Gasteiger partial charge in [0.15, 0.2) is 0 Å². The van der Waals surface area contributed by atoms with Crippen molar-refractivity contribution in [3.63, 3.8) is 0 Å². The number of hydrogen-bond acceptors (Lipinski definition) is 3. The maximum atomic E-state index is 6.66. The van der Waals surface area contributed by atoms with Crippen LogP contribution in [0.25, 0.3) is 44.2 Å². The summed E-state index contributed by atoms with van der Waals surface area (Å²) in [5, 5.41) is 2.13. The lowest BCUT2D eigenvalue weighted by Gasteiger charge is -2.35. The second kappa shape index (κ2) is 17.9. The van der Waals surface area contributed by atoms with Crippen LogP contribution >= 0.6 is 0 Å². The zero-order valence-corrected chi connectivity index (χ0v) is 42.2. The van der Waals surface area contributed by atoms with Crippen LogP contribution < -0.4 is 9.80 Å². The zero-order chi connectivity index (χ0) is 50.9. The first-order valence-corrected chi connectivity index (χ1v) is 26.6. The van der Waals surface area contributed by atoms with Gasteiger partial charge in [-0.15, -0.1) is 0 Å². The van der Waals surface area contributed by atoms with Crippen LogP contribution in [0.2, 0.25) is 0 Å². The Hall–Kier alpha value is -9.96. The molecule has 0 unspecified atom stereocenters. The van der Waals surface area contributed by atoms with Gasteiger partial charge in [0.05, 0.1) is 21.9 Å². The number of nitrogens with zero attached hydrogens (tertiary/aromatic N) is 2. The molecule has 362 valence electrons. The van der Waals surface area contributed by atoms with Crippen LogP contribution in [0.3, 0.4) is 0 Å². The Balaban J connectivity index is 0.964. The molecule has 0 fully saturated rings. The van der Waals surface area contributed by atoms with Crippen molar-refractivity contribution >= 4 is 56.1 Å². The standard InChI is InChI=1S/C74H50N2O/c1-5-24-51(25-6-1)73(52-26-7-2-8-27-52)65-40-17-15-38-62(65)63-47-46-59(50-68(63)73)75(55-31-11-4-12-32-55)57-34-22-35-58(49-57)76(69-43-23-45-71-72(69)64-39-16-20-44-70(64)77-71)56-33-21-30-54(48-56)74(53-28-9-3-10-29-53)66-41-18-13-36-60(66)61-37-14-19-42-67(61)74/h1-50H. The molecule has 0 atom stereocenters. The van der Waals surface area contributed by atoms with Crippen LogP contribution in [-0.4, -0.2) is 0 Å². The Morgan fingerprint density at radius 1 is 0.247 bits per heavy atom. The fourth-order valence-corrected chi connectivity index (χ4v) is 13.3. The van der Waals surface area contributed by atoms with Crippen LogP contribution in [-0.2, 0) is 10.8 Å². The van der Waals surface area contributed by atoms with Gasteiger partial charge in [-0.25, -0.2) is 0 Å². The number of furan rings is 1. The summed E-state index contributed by atoms with van der Waals surface area (Å²) >= 11 is 0. The zero-order valence-electron chi connectivity index (χ0n) is 42.2. The van der Waals surface area contributed by atoms with E-state index < -0.39 is 10.8 Å². The molecule has 15 rings (SSSR count). The van der Waals surface area contributed by atoms with E-state index in [1.165, 1.54) is 66.8 Å². The van der Waals surface area contributed by atoms with Gasteiger partial charge in [-0.3, -0.25) is 0 Å². The van der Waals surface area contributed by atoms with E-state index in [1.807, 2.05) is 0 Å². The number of rotatable bonds is 10. The third-order valence-electron chi connectivity index (χ3n) is 16.4. The largest absolute Gasteiger partial charge is 0.456 e. The summed E-state index contributed by atoms with van der Waals surface area (Å²) in [4.78, 5) is 4.87. The van der Waals surface area contributed by atoms with E-state index in [-0.39, 0.29) is 0 Å². The average Bonchev–Trinajstić information content (AvgIpc) is 4.36. The molecule has 0 amide bonds. The SMILES string of the molecule is c1ccc(N(c2cccc(N(c3cccc(C4(c5ccccc5)c5ccccc5-c5ccccc54)c3)c3cccc4oc5ccccc5c34)c2)c2ccc3c(c2)C(c2ccccc2)(c2ccccc2)c2ccccc2-3)cc1. The molecule has 0 bridgehead atoms. The Morgan fingerprint density at radius 2 is 0.649 bits per heavy atom. The fourth-order valence-electron chi connectivity index (χ4n) is 13.3. The number of benzene rings is 12. The molecule has 0 saturated heterocycles. The number of para-hydroxylation sites is 2. The van der Waals surface area contributed by atoms with Crippen molar-refractivity contribution in [3.8, 4) is 22.3 Å². The van der Waals surface area contributed by atoms with Crippen LogP contribution in [0.15, 0.2) is 308 Å². The summed E-state index contributed by atoms with van der Waals surface area (Å²) < 4.78 is 6.66. The number of anilines is 6. The van der Waals surface area contributed by atoms with Gasteiger partial charge < -0.3 is 14.2 Å². The molecular formula is C74H50N2O. The highest BCUT2D eigenvalue weighted by Gasteiger charge is 2.48. The normalized spacial score (nSPS) is 13.4. The van der Waals surface area contributed by atoms with E-state index in [2.05, 4.69) is 313 Å². The summed E-state index contributed by atoms with van der Waals surface area (Å²) in [5.74, 6) is 0. The van der Waals surface area contributed by atoms with Crippen molar-refractivity contribution in [1.29, 1.82) is 0 Å². The molecule has 0 N–H and O–H groups in total. The third kappa shape index (κ3) is 6.70. The first kappa shape index (κ1) is 44.5. The predicted octanol–water partition coefficient (Wildman–Crippen LogP) is 19.3. The topological polar surface area (TPSA) is 19.6 Å². The summed E-state index contributed by atoms with van der Waals surface area (Å²) in [6, 6.07) is 111. The lowest BCUT2D eigenvalue weighted by Crippen LogP contribution is -2.28. The lowest BCUT2D eigenvalue weighted by molar-refractivity contribution is 0.669. The molecule has 0 saturated carbocycles. The van der Waals surface area contributed by atoms with E-state index in [1.54, 1.807) is 0 Å². The quantitative estimate of drug-likeness (QED) is 0.136. The molecule has 0 aliphatic heterocycles. The maximum absolute atomic E-state index is 6.66. The van der Waals surface area contributed by atoms with Gasteiger partial charge in [0.2, 0.25) is 0 Å². The van der Waals surface area contributed by atoms with Crippen molar-refractivity contribution < 1.29 is 4.42 Å². The Kier molecular flexibility index (Phi) is 10.3. The highest BCUT2D eigenvalue weighted by Crippen LogP contribution is 2.59.